The van der Waals surface area contributed by atoms with Gasteiger partial charge in [-0.05, 0) is 36.2 Å². The summed E-state index contributed by atoms with van der Waals surface area (Å²) in [6.45, 7) is 0.416. The molecule has 2 aromatic carbocycles. The highest BCUT2D eigenvalue weighted by atomic mass is 19.4. The first-order chi connectivity index (χ1) is 11.8. The van der Waals surface area contributed by atoms with Gasteiger partial charge in [-0.2, -0.15) is 13.2 Å². The Kier molecular flexibility index (Phi) is 6.38. The quantitative estimate of drug-likeness (QED) is 0.593. The number of carbonyl (C=O) groups excluding carboxylic acids is 1. The van der Waals surface area contributed by atoms with Crippen molar-refractivity contribution in [3.63, 3.8) is 0 Å². The fraction of sp³-hybridized carbons (Fsp3) is 0.278. The molecule has 0 atom stereocenters. The lowest BCUT2D eigenvalue weighted by atomic mass is 10.1. The van der Waals surface area contributed by atoms with Crippen molar-refractivity contribution >= 4 is 5.91 Å². The Morgan fingerprint density at radius 3 is 2.44 bits per heavy atom. The monoisotopic (exact) mass is 355 g/mol. The van der Waals surface area contributed by atoms with Crippen LogP contribution >= 0.6 is 0 Å². The van der Waals surface area contributed by atoms with Crippen molar-refractivity contribution in [1.29, 1.82) is 0 Å². The lowest BCUT2D eigenvalue weighted by Crippen LogP contribution is -2.23. The van der Waals surface area contributed by atoms with Crippen molar-refractivity contribution in [2.75, 3.05) is 6.61 Å². The van der Waals surface area contributed by atoms with Crippen molar-refractivity contribution in [1.82, 2.24) is 5.32 Å². The number of benzene rings is 2. The first-order valence-corrected chi connectivity index (χ1v) is 7.66. The molecule has 0 aromatic heterocycles. The SMILES string of the molecule is O=C(CCCOc1cccc(F)c1)NCc1ccc(C(F)(F)F)cc1. The second-order valence-electron chi connectivity index (χ2n) is 5.38. The number of hydrogen-bond donors (Lipinski definition) is 1. The van der Waals surface area contributed by atoms with Crippen LogP contribution in [0.5, 0.6) is 5.75 Å². The van der Waals surface area contributed by atoms with E-state index in [4.69, 9.17) is 4.74 Å². The normalized spacial score (nSPS) is 11.2. The Labute approximate surface area is 142 Å². The average Bonchev–Trinajstić information content (AvgIpc) is 2.56. The number of ether oxygens (including phenoxy) is 1. The average molecular weight is 355 g/mol. The lowest BCUT2D eigenvalue weighted by molar-refractivity contribution is -0.137. The van der Waals surface area contributed by atoms with Gasteiger partial charge in [-0.15, -0.1) is 0 Å². The molecule has 0 unspecified atom stereocenters. The molecule has 0 bridgehead atoms. The summed E-state index contributed by atoms with van der Waals surface area (Å²) in [5.41, 5.74) is -0.144. The number of halogens is 4. The van der Waals surface area contributed by atoms with Crippen molar-refractivity contribution < 1.29 is 27.1 Å². The smallest absolute Gasteiger partial charge is 0.416 e. The van der Waals surface area contributed by atoms with E-state index in [2.05, 4.69) is 5.32 Å². The third-order valence-electron chi connectivity index (χ3n) is 3.38. The van der Waals surface area contributed by atoms with Gasteiger partial charge in [0.05, 0.1) is 12.2 Å². The van der Waals surface area contributed by atoms with E-state index in [1.54, 1.807) is 6.07 Å². The van der Waals surface area contributed by atoms with Crippen LogP contribution in [0.15, 0.2) is 48.5 Å². The molecule has 0 saturated heterocycles. The molecule has 0 radical (unpaired) electrons. The van der Waals surface area contributed by atoms with Crippen molar-refractivity contribution in [2.45, 2.75) is 25.6 Å². The molecule has 0 fully saturated rings. The van der Waals surface area contributed by atoms with Gasteiger partial charge in [-0.25, -0.2) is 4.39 Å². The maximum absolute atomic E-state index is 12.9. The predicted octanol–water partition coefficient (Wildman–Crippen LogP) is 4.32. The number of amides is 1. The topological polar surface area (TPSA) is 38.3 Å². The summed E-state index contributed by atoms with van der Waals surface area (Å²) in [5, 5.41) is 2.63. The highest BCUT2D eigenvalue weighted by molar-refractivity contribution is 5.75. The molecular weight excluding hydrogens is 338 g/mol. The van der Waals surface area contributed by atoms with E-state index in [-0.39, 0.29) is 25.5 Å². The second-order valence-corrected chi connectivity index (χ2v) is 5.38. The Balaban J connectivity index is 1.67. The fourth-order valence-electron chi connectivity index (χ4n) is 2.08. The molecule has 0 aliphatic heterocycles. The zero-order chi connectivity index (χ0) is 18.3. The van der Waals surface area contributed by atoms with E-state index < -0.39 is 17.6 Å². The zero-order valence-corrected chi connectivity index (χ0v) is 13.3. The summed E-state index contributed by atoms with van der Waals surface area (Å²) in [7, 11) is 0. The third kappa shape index (κ3) is 6.45. The molecule has 2 rings (SSSR count). The second kappa shape index (κ2) is 8.50. The van der Waals surface area contributed by atoms with E-state index in [1.165, 1.54) is 30.3 Å². The minimum atomic E-state index is -4.37. The van der Waals surface area contributed by atoms with E-state index in [0.717, 1.165) is 12.1 Å². The number of carbonyl (C=O) groups is 1. The highest BCUT2D eigenvalue weighted by Gasteiger charge is 2.29. The molecule has 0 aliphatic rings. The van der Waals surface area contributed by atoms with Crippen LogP contribution in [0.25, 0.3) is 0 Å². The van der Waals surface area contributed by atoms with Crippen LogP contribution in [0.2, 0.25) is 0 Å². The maximum atomic E-state index is 12.9. The number of alkyl halides is 3. The van der Waals surface area contributed by atoms with Crippen molar-refractivity contribution in [3.05, 3.63) is 65.5 Å². The molecule has 0 aliphatic carbocycles. The fourth-order valence-corrected chi connectivity index (χ4v) is 2.08. The van der Waals surface area contributed by atoms with Gasteiger partial charge in [-0.1, -0.05) is 18.2 Å². The maximum Gasteiger partial charge on any atom is 0.416 e. The van der Waals surface area contributed by atoms with E-state index in [0.29, 0.717) is 17.7 Å². The summed E-state index contributed by atoms with van der Waals surface area (Å²) < 4.78 is 55.6. The summed E-state index contributed by atoms with van der Waals surface area (Å²) in [6, 6.07) is 10.3. The third-order valence-corrected chi connectivity index (χ3v) is 3.38. The molecule has 134 valence electrons. The van der Waals surface area contributed by atoms with Crippen molar-refractivity contribution in [3.8, 4) is 5.75 Å². The first kappa shape index (κ1) is 18.8. The lowest BCUT2D eigenvalue weighted by Gasteiger charge is -2.09. The van der Waals surface area contributed by atoms with Gasteiger partial charge >= 0.3 is 6.18 Å². The molecular formula is C18H17F4NO2. The number of nitrogens with one attached hydrogen (secondary N) is 1. The first-order valence-electron chi connectivity index (χ1n) is 7.66. The van der Waals surface area contributed by atoms with Gasteiger partial charge in [0.2, 0.25) is 5.91 Å². The van der Waals surface area contributed by atoms with E-state index >= 15 is 0 Å². The molecule has 2 aromatic rings. The van der Waals surface area contributed by atoms with Gasteiger partial charge < -0.3 is 10.1 Å². The van der Waals surface area contributed by atoms with Gasteiger partial charge in [0.25, 0.3) is 0 Å². The van der Waals surface area contributed by atoms with Crippen LogP contribution < -0.4 is 10.1 Å². The van der Waals surface area contributed by atoms with Crippen molar-refractivity contribution in [2.24, 2.45) is 0 Å². The summed E-state index contributed by atoms with van der Waals surface area (Å²) >= 11 is 0. The molecule has 7 heteroatoms. The molecule has 1 N–H and O–H groups in total. The molecule has 3 nitrogen and oxygen atoms in total. The van der Waals surface area contributed by atoms with Gasteiger partial charge in [0, 0.05) is 19.0 Å². The van der Waals surface area contributed by atoms with Crippen LogP contribution in [0.1, 0.15) is 24.0 Å². The van der Waals surface area contributed by atoms with Gasteiger partial charge in [0.1, 0.15) is 11.6 Å². The largest absolute Gasteiger partial charge is 0.493 e. The van der Waals surface area contributed by atoms with Crippen LogP contribution in [-0.2, 0) is 17.5 Å². The van der Waals surface area contributed by atoms with Crippen LogP contribution in [-0.4, -0.2) is 12.5 Å². The van der Waals surface area contributed by atoms with Gasteiger partial charge in [-0.3, -0.25) is 4.79 Å². The zero-order valence-electron chi connectivity index (χ0n) is 13.3. The molecule has 1 amide bonds. The Hall–Kier alpha value is -2.57. The molecule has 25 heavy (non-hydrogen) atoms. The summed E-state index contributed by atoms with van der Waals surface area (Å²) in [4.78, 5) is 11.7. The van der Waals surface area contributed by atoms with Crippen LogP contribution in [0.3, 0.4) is 0 Å². The van der Waals surface area contributed by atoms with Crippen LogP contribution in [0.4, 0.5) is 17.6 Å². The number of rotatable bonds is 7. The summed E-state index contributed by atoms with van der Waals surface area (Å²) in [6.07, 6.45) is -3.73. The van der Waals surface area contributed by atoms with Gasteiger partial charge in [0.15, 0.2) is 0 Å². The minimum Gasteiger partial charge on any atom is -0.493 e. The summed E-state index contributed by atoms with van der Waals surface area (Å²) in [5.74, 6) is -0.236. The Bertz CT molecular complexity index is 699. The van der Waals surface area contributed by atoms with E-state index in [9.17, 15) is 22.4 Å². The molecule has 0 saturated carbocycles. The number of hydrogen-bond acceptors (Lipinski definition) is 2. The predicted molar refractivity (Wildman–Crippen MR) is 84.4 cm³/mol. The Morgan fingerprint density at radius 1 is 1.08 bits per heavy atom. The molecule has 0 heterocycles. The Morgan fingerprint density at radius 2 is 1.80 bits per heavy atom. The standard InChI is InChI=1S/C18H17F4NO2/c19-15-3-1-4-16(11-15)25-10-2-5-17(24)23-12-13-6-8-14(9-7-13)18(20,21)22/h1,3-4,6-9,11H,2,5,10,12H2,(H,23,24). The van der Waals surface area contributed by atoms with Crippen LogP contribution in [0, 0.1) is 5.82 Å². The highest BCUT2D eigenvalue weighted by Crippen LogP contribution is 2.29. The van der Waals surface area contributed by atoms with E-state index in [1.807, 2.05) is 0 Å². The minimum absolute atomic E-state index is 0.154. The molecule has 0 spiro atoms.